The highest BCUT2D eigenvalue weighted by atomic mass is 35.5. The minimum Gasteiger partial charge on any atom is -0.352 e. The van der Waals surface area contributed by atoms with Gasteiger partial charge in [-0.05, 0) is 38.5 Å². The molecule has 0 unspecified atom stereocenters. The number of hydrogen-bond donors (Lipinski definition) is 2. The fourth-order valence-corrected chi connectivity index (χ4v) is 5.44. The van der Waals surface area contributed by atoms with Crippen molar-refractivity contribution in [2.75, 3.05) is 13.1 Å². The molecule has 3 aliphatic rings. The monoisotopic (exact) mass is 365 g/mol. The number of sulfonamides is 1. The van der Waals surface area contributed by atoms with Gasteiger partial charge in [0.05, 0.1) is 10.8 Å². The Hall–Kier alpha value is -0.370. The quantitative estimate of drug-likeness (QED) is 0.781. The van der Waals surface area contributed by atoms with E-state index in [0.29, 0.717) is 25.9 Å². The molecule has 0 bridgehead atoms. The lowest BCUT2D eigenvalue weighted by atomic mass is 9.81. The van der Waals surface area contributed by atoms with Crippen molar-refractivity contribution in [3.8, 4) is 0 Å². The van der Waals surface area contributed by atoms with Crippen LogP contribution in [0.4, 0.5) is 0 Å². The molecule has 0 spiro atoms. The second kappa shape index (κ2) is 7.25. The summed E-state index contributed by atoms with van der Waals surface area (Å²) in [6.45, 7) is 1.03. The van der Waals surface area contributed by atoms with Gasteiger partial charge >= 0.3 is 0 Å². The lowest BCUT2D eigenvalue weighted by molar-refractivity contribution is -0.128. The molecule has 3 N–H and O–H groups in total. The van der Waals surface area contributed by atoms with Crippen LogP contribution in [-0.2, 0) is 14.8 Å². The Bertz CT molecular complexity index is 522. The highest BCUT2D eigenvalue weighted by Gasteiger charge is 2.42. The van der Waals surface area contributed by atoms with E-state index < -0.39 is 15.6 Å². The first-order valence-electron chi connectivity index (χ1n) is 8.51. The van der Waals surface area contributed by atoms with Gasteiger partial charge in [0.1, 0.15) is 0 Å². The predicted molar refractivity (Wildman–Crippen MR) is 91.9 cm³/mol. The van der Waals surface area contributed by atoms with Crippen LogP contribution < -0.4 is 11.1 Å². The van der Waals surface area contributed by atoms with Gasteiger partial charge in [0.2, 0.25) is 15.9 Å². The predicted octanol–water partition coefficient (Wildman–Crippen LogP) is 1.14. The molecule has 1 saturated heterocycles. The molecule has 0 radical (unpaired) electrons. The molecule has 2 aliphatic carbocycles. The van der Waals surface area contributed by atoms with E-state index in [1.165, 1.54) is 0 Å². The molecule has 1 heterocycles. The Kier molecular flexibility index (Phi) is 5.98. The average Bonchev–Trinajstić information content (AvgIpc) is 3.33. The van der Waals surface area contributed by atoms with Crippen LogP contribution >= 0.6 is 12.4 Å². The average molecular weight is 366 g/mol. The van der Waals surface area contributed by atoms with Crippen molar-refractivity contribution in [3.05, 3.63) is 0 Å². The first-order valence-corrected chi connectivity index (χ1v) is 10.0. The molecule has 1 amide bonds. The van der Waals surface area contributed by atoms with Crippen LogP contribution in [0.15, 0.2) is 0 Å². The Morgan fingerprint density at radius 1 is 1.04 bits per heavy atom. The third-order valence-electron chi connectivity index (χ3n) is 5.29. The van der Waals surface area contributed by atoms with Gasteiger partial charge in [0.15, 0.2) is 0 Å². The summed E-state index contributed by atoms with van der Waals surface area (Å²) in [5, 5.41) is 2.92. The number of amides is 1. The van der Waals surface area contributed by atoms with Crippen LogP contribution in [0.25, 0.3) is 0 Å². The Balaban J connectivity index is 0.00000192. The SMILES string of the molecule is Cl.NC1(C(=O)NC2CCN(S(=O)(=O)C3CC3)CC2)CCCCC1. The van der Waals surface area contributed by atoms with Crippen molar-refractivity contribution in [1.29, 1.82) is 0 Å². The highest BCUT2D eigenvalue weighted by Crippen LogP contribution is 2.32. The summed E-state index contributed by atoms with van der Waals surface area (Å²) in [5.41, 5.74) is 5.53. The minimum absolute atomic E-state index is 0. The number of rotatable bonds is 4. The first kappa shape index (κ1) is 19.0. The van der Waals surface area contributed by atoms with E-state index >= 15 is 0 Å². The van der Waals surface area contributed by atoms with E-state index in [1.807, 2.05) is 0 Å². The number of nitrogens with two attached hydrogens (primary N) is 1. The normalized spacial score (nSPS) is 26.3. The Morgan fingerprint density at radius 2 is 1.61 bits per heavy atom. The molecular formula is C15H28ClN3O3S. The van der Waals surface area contributed by atoms with Crippen LogP contribution in [0.3, 0.4) is 0 Å². The van der Waals surface area contributed by atoms with Crippen molar-refractivity contribution in [3.63, 3.8) is 0 Å². The molecule has 8 heteroatoms. The summed E-state index contributed by atoms with van der Waals surface area (Å²) < 4.78 is 26.0. The van der Waals surface area contributed by atoms with Gasteiger partial charge < -0.3 is 11.1 Å². The zero-order valence-corrected chi connectivity index (χ0v) is 15.1. The summed E-state index contributed by atoms with van der Waals surface area (Å²) in [5.74, 6) is -0.0456. The summed E-state index contributed by atoms with van der Waals surface area (Å²) in [6, 6.07) is 0.0560. The van der Waals surface area contributed by atoms with Crippen molar-refractivity contribution < 1.29 is 13.2 Å². The van der Waals surface area contributed by atoms with E-state index in [1.54, 1.807) is 4.31 Å². The van der Waals surface area contributed by atoms with E-state index in [-0.39, 0.29) is 29.6 Å². The molecule has 3 fully saturated rings. The largest absolute Gasteiger partial charge is 0.352 e. The number of carbonyl (C=O) groups excluding carboxylic acids is 1. The van der Waals surface area contributed by atoms with Crippen LogP contribution in [-0.4, -0.2) is 48.6 Å². The van der Waals surface area contributed by atoms with Crippen LogP contribution in [0.5, 0.6) is 0 Å². The second-order valence-electron chi connectivity index (χ2n) is 7.11. The number of halogens is 1. The summed E-state index contributed by atoms with van der Waals surface area (Å²) in [7, 11) is -3.08. The third-order valence-corrected chi connectivity index (χ3v) is 7.69. The van der Waals surface area contributed by atoms with E-state index in [4.69, 9.17) is 5.73 Å². The molecule has 3 rings (SSSR count). The molecule has 6 nitrogen and oxygen atoms in total. The minimum atomic E-state index is -3.08. The number of hydrogen-bond acceptors (Lipinski definition) is 4. The summed E-state index contributed by atoms with van der Waals surface area (Å²) in [4.78, 5) is 12.4. The van der Waals surface area contributed by atoms with E-state index in [2.05, 4.69) is 5.32 Å². The van der Waals surface area contributed by atoms with Gasteiger partial charge in [-0.1, -0.05) is 19.3 Å². The van der Waals surface area contributed by atoms with Crippen molar-refractivity contribution in [1.82, 2.24) is 9.62 Å². The highest BCUT2D eigenvalue weighted by molar-refractivity contribution is 7.90. The summed E-state index contributed by atoms with van der Waals surface area (Å²) in [6.07, 6.45) is 7.68. The molecule has 2 saturated carbocycles. The molecule has 0 aromatic heterocycles. The Labute approximate surface area is 145 Å². The number of carbonyl (C=O) groups is 1. The zero-order chi connectivity index (χ0) is 15.8. The standard InChI is InChI=1S/C15H27N3O3S.ClH/c16-15(8-2-1-3-9-15)14(19)17-12-6-10-18(11-7-12)22(20,21)13-4-5-13;/h12-13H,1-11,16H2,(H,17,19);1H. The lowest BCUT2D eigenvalue weighted by Crippen LogP contribution is -2.58. The molecule has 0 atom stereocenters. The zero-order valence-electron chi connectivity index (χ0n) is 13.5. The smallest absolute Gasteiger partial charge is 0.240 e. The van der Waals surface area contributed by atoms with Crippen LogP contribution in [0.2, 0.25) is 0 Å². The van der Waals surface area contributed by atoms with Gasteiger partial charge in [-0.15, -0.1) is 12.4 Å². The topological polar surface area (TPSA) is 92.5 Å². The van der Waals surface area contributed by atoms with Crippen LogP contribution in [0, 0.1) is 0 Å². The van der Waals surface area contributed by atoms with Crippen molar-refractivity contribution in [2.24, 2.45) is 5.73 Å². The molecule has 134 valence electrons. The number of nitrogens with one attached hydrogen (secondary N) is 1. The maximum absolute atomic E-state index is 12.4. The van der Waals surface area contributed by atoms with Crippen molar-refractivity contribution in [2.45, 2.75) is 74.6 Å². The molecule has 0 aromatic carbocycles. The van der Waals surface area contributed by atoms with E-state index in [9.17, 15) is 13.2 Å². The van der Waals surface area contributed by atoms with Gasteiger partial charge in [-0.3, -0.25) is 4.79 Å². The fourth-order valence-electron chi connectivity index (χ4n) is 3.57. The van der Waals surface area contributed by atoms with Gasteiger partial charge in [0.25, 0.3) is 0 Å². The Morgan fingerprint density at radius 3 is 2.13 bits per heavy atom. The maximum Gasteiger partial charge on any atom is 0.240 e. The molecule has 1 aliphatic heterocycles. The van der Waals surface area contributed by atoms with Gasteiger partial charge in [-0.25, -0.2) is 12.7 Å². The maximum atomic E-state index is 12.4. The van der Waals surface area contributed by atoms with Crippen LogP contribution in [0.1, 0.15) is 57.8 Å². The number of piperidine rings is 1. The fraction of sp³-hybridized carbons (Fsp3) is 0.933. The molecule has 23 heavy (non-hydrogen) atoms. The first-order chi connectivity index (χ1) is 10.4. The second-order valence-corrected chi connectivity index (χ2v) is 9.32. The molecular weight excluding hydrogens is 338 g/mol. The van der Waals surface area contributed by atoms with Crippen molar-refractivity contribution >= 4 is 28.3 Å². The molecule has 0 aromatic rings. The third kappa shape index (κ3) is 4.18. The van der Waals surface area contributed by atoms with E-state index in [0.717, 1.165) is 44.9 Å². The van der Waals surface area contributed by atoms with Gasteiger partial charge in [0, 0.05) is 19.1 Å². The lowest BCUT2D eigenvalue weighted by Gasteiger charge is -2.36. The number of nitrogens with zero attached hydrogens (tertiary/aromatic N) is 1. The summed E-state index contributed by atoms with van der Waals surface area (Å²) >= 11 is 0. The van der Waals surface area contributed by atoms with Gasteiger partial charge in [-0.2, -0.15) is 0 Å².